The molecule has 2 N–H and O–H groups in total. The Bertz CT molecular complexity index is 1600. The predicted molar refractivity (Wildman–Crippen MR) is 172 cm³/mol. The number of fused-ring (bicyclic) bond motifs is 1. The Morgan fingerprint density at radius 1 is 0.935 bits per heavy atom. The first-order chi connectivity index (χ1) is 22.2. The summed E-state index contributed by atoms with van der Waals surface area (Å²) in [6, 6.07) is 14.7. The van der Waals surface area contributed by atoms with Gasteiger partial charge in [-0.2, -0.15) is 0 Å². The number of nitrogens with one attached hydrogen (secondary N) is 2. The highest BCUT2D eigenvalue weighted by atomic mass is 32.2. The van der Waals surface area contributed by atoms with Crippen molar-refractivity contribution in [2.24, 2.45) is 17.8 Å². The van der Waals surface area contributed by atoms with Crippen LogP contribution in [0.15, 0.2) is 65.8 Å². The van der Waals surface area contributed by atoms with Crippen molar-refractivity contribution in [3.05, 3.63) is 71.9 Å². The van der Waals surface area contributed by atoms with Gasteiger partial charge in [-0.15, -0.1) is 0 Å². The van der Waals surface area contributed by atoms with Gasteiger partial charge in [-0.3, -0.25) is 9.59 Å². The number of hydrogen-bond acceptors (Lipinski definition) is 10. The number of aromatic nitrogens is 1. The SMILES string of the molecule is CC(C)[C@H]1CC[C@H](C)C[C@@H]1OC(=O)c1ccccc1NC(=O)COC(=O)c1cccnc1SCC(=O)Nc1ccc2c(c1)OCO2. The summed E-state index contributed by atoms with van der Waals surface area (Å²) in [5.74, 6) is 0.0249. The zero-order valence-corrected chi connectivity index (χ0v) is 26.8. The summed E-state index contributed by atoms with van der Waals surface area (Å²) in [5, 5.41) is 5.71. The van der Waals surface area contributed by atoms with E-state index >= 15 is 0 Å². The van der Waals surface area contributed by atoms with E-state index in [1.54, 1.807) is 48.5 Å². The third-order valence-electron chi connectivity index (χ3n) is 7.96. The predicted octanol–water partition coefficient (Wildman–Crippen LogP) is 5.95. The minimum absolute atomic E-state index is 0.0310. The molecule has 242 valence electrons. The van der Waals surface area contributed by atoms with Gasteiger partial charge in [-0.05, 0) is 67.0 Å². The van der Waals surface area contributed by atoms with Crippen molar-refractivity contribution >= 4 is 46.9 Å². The molecule has 3 aromatic rings. The van der Waals surface area contributed by atoms with Crippen molar-refractivity contribution in [3.8, 4) is 11.5 Å². The second kappa shape index (κ2) is 15.1. The highest BCUT2D eigenvalue weighted by molar-refractivity contribution is 8.00. The summed E-state index contributed by atoms with van der Waals surface area (Å²) in [4.78, 5) is 55.7. The van der Waals surface area contributed by atoms with Crippen LogP contribution >= 0.6 is 11.8 Å². The lowest BCUT2D eigenvalue weighted by molar-refractivity contribution is -0.119. The van der Waals surface area contributed by atoms with Gasteiger partial charge in [-0.1, -0.05) is 51.1 Å². The standard InChI is InChI=1S/C34H37N3O8S/c1-20(2)23-12-10-21(3)15-28(23)45-34(41)24-7-4-5-9-26(24)37-30(38)17-42-33(40)25-8-6-14-35-32(25)46-18-31(39)36-22-11-13-27-29(16-22)44-19-43-27/h4-9,11,13-14,16,20-21,23,28H,10,12,15,17-19H2,1-3H3,(H,36,39)(H,37,38)/t21-,23+,28-/m0/s1. The number of hydrogen-bond donors (Lipinski definition) is 2. The van der Waals surface area contributed by atoms with E-state index in [4.69, 9.17) is 18.9 Å². The van der Waals surface area contributed by atoms with Gasteiger partial charge in [0.1, 0.15) is 11.1 Å². The van der Waals surface area contributed by atoms with Crippen LogP contribution in [-0.2, 0) is 19.1 Å². The van der Waals surface area contributed by atoms with Crippen LogP contribution in [0.2, 0.25) is 0 Å². The molecule has 5 rings (SSSR count). The van der Waals surface area contributed by atoms with E-state index in [1.165, 1.54) is 12.3 Å². The molecule has 1 saturated carbocycles. The Hall–Kier alpha value is -4.58. The maximum absolute atomic E-state index is 13.2. The lowest BCUT2D eigenvalue weighted by Gasteiger charge is -2.36. The number of carbonyl (C=O) groups excluding carboxylic acids is 4. The molecule has 1 aliphatic carbocycles. The number of pyridine rings is 1. The van der Waals surface area contributed by atoms with E-state index < -0.39 is 24.5 Å². The molecule has 12 heteroatoms. The summed E-state index contributed by atoms with van der Waals surface area (Å²) >= 11 is 1.05. The number of esters is 2. The minimum atomic E-state index is -0.777. The first-order valence-corrected chi connectivity index (χ1v) is 16.2. The fourth-order valence-corrected chi connectivity index (χ4v) is 6.37. The quantitative estimate of drug-likeness (QED) is 0.189. The number of amides is 2. The number of thioether (sulfide) groups is 1. The van der Waals surface area contributed by atoms with Crippen molar-refractivity contribution in [2.45, 2.75) is 51.2 Å². The van der Waals surface area contributed by atoms with Crippen LogP contribution in [0.25, 0.3) is 0 Å². The first-order valence-electron chi connectivity index (χ1n) is 15.2. The van der Waals surface area contributed by atoms with Gasteiger partial charge >= 0.3 is 11.9 Å². The third kappa shape index (κ3) is 8.36. The minimum Gasteiger partial charge on any atom is -0.458 e. The summed E-state index contributed by atoms with van der Waals surface area (Å²) in [6.07, 6.45) is 4.22. The summed E-state index contributed by atoms with van der Waals surface area (Å²) in [7, 11) is 0. The number of nitrogens with zero attached hydrogens (tertiary/aromatic N) is 1. The average molecular weight is 648 g/mol. The van der Waals surface area contributed by atoms with Gasteiger partial charge < -0.3 is 29.6 Å². The number of para-hydroxylation sites is 1. The van der Waals surface area contributed by atoms with Gasteiger partial charge in [0.15, 0.2) is 18.1 Å². The van der Waals surface area contributed by atoms with Gasteiger partial charge in [0.25, 0.3) is 5.91 Å². The van der Waals surface area contributed by atoms with Crippen LogP contribution < -0.4 is 20.1 Å². The first kappa shape index (κ1) is 32.8. The van der Waals surface area contributed by atoms with E-state index in [-0.39, 0.29) is 52.3 Å². The molecule has 0 spiro atoms. The zero-order valence-electron chi connectivity index (χ0n) is 25.9. The van der Waals surface area contributed by atoms with E-state index in [0.717, 1.165) is 31.0 Å². The van der Waals surface area contributed by atoms with E-state index in [0.29, 0.717) is 29.0 Å². The molecule has 0 unspecified atom stereocenters. The molecule has 0 saturated heterocycles. The average Bonchev–Trinajstić information content (AvgIpc) is 3.51. The van der Waals surface area contributed by atoms with Crippen LogP contribution in [0.3, 0.4) is 0 Å². The van der Waals surface area contributed by atoms with E-state index in [1.807, 2.05) is 0 Å². The Morgan fingerprint density at radius 3 is 2.54 bits per heavy atom. The highest BCUT2D eigenvalue weighted by Gasteiger charge is 2.34. The summed E-state index contributed by atoms with van der Waals surface area (Å²) in [5.41, 5.74) is 1.15. The zero-order chi connectivity index (χ0) is 32.6. The molecule has 3 atom stereocenters. The molecule has 1 aromatic heterocycles. The summed E-state index contributed by atoms with van der Waals surface area (Å²) < 4.78 is 21.9. The number of carbonyl (C=O) groups is 4. The fraction of sp³-hybridized carbons (Fsp3) is 0.382. The van der Waals surface area contributed by atoms with Crippen molar-refractivity contribution in [3.63, 3.8) is 0 Å². The molecule has 0 radical (unpaired) electrons. The molecule has 11 nitrogen and oxygen atoms in total. The van der Waals surface area contributed by atoms with E-state index in [2.05, 4.69) is 36.4 Å². The maximum atomic E-state index is 13.2. The number of rotatable bonds is 11. The molecule has 0 bridgehead atoms. The summed E-state index contributed by atoms with van der Waals surface area (Å²) in [6.45, 7) is 5.98. The monoisotopic (exact) mass is 647 g/mol. The molecule has 1 aliphatic heterocycles. The van der Waals surface area contributed by atoms with Crippen LogP contribution in [0, 0.1) is 17.8 Å². The molecular formula is C34H37N3O8S. The molecule has 2 aromatic carbocycles. The number of benzene rings is 2. The second-order valence-corrected chi connectivity index (χ2v) is 12.7. The largest absolute Gasteiger partial charge is 0.458 e. The Balaban J connectivity index is 1.14. The van der Waals surface area contributed by atoms with Crippen molar-refractivity contribution in [1.82, 2.24) is 4.98 Å². The lowest BCUT2D eigenvalue weighted by atomic mass is 9.75. The number of anilines is 2. The van der Waals surface area contributed by atoms with Gasteiger partial charge in [0.2, 0.25) is 12.7 Å². The van der Waals surface area contributed by atoms with Crippen LogP contribution in [0.4, 0.5) is 11.4 Å². The van der Waals surface area contributed by atoms with Gasteiger partial charge in [-0.25, -0.2) is 14.6 Å². The van der Waals surface area contributed by atoms with Gasteiger partial charge in [0.05, 0.1) is 22.6 Å². The Kier molecular flexibility index (Phi) is 10.8. The van der Waals surface area contributed by atoms with Crippen LogP contribution in [0.1, 0.15) is 60.7 Å². The van der Waals surface area contributed by atoms with Crippen molar-refractivity contribution in [2.75, 3.05) is 29.8 Å². The number of ether oxygens (including phenoxy) is 4. The topological polar surface area (TPSA) is 142 Å². The van der Waals surface area contributed by atoms with E-state index in [9.17, 15) is 19.2 Å². The smallest absolute Gasteiger partial charge is 0.341 e. The fourth-order valence-electron chi connectivity index (χ4n) is 5.58. The lowest BCUT2D eigenvalue weighted by Crippen LogP contribution is -2.36. The van der Waals surface area contributed by atoms with Crippen molar-refractivity contribution in [1.29, 1.82) is 0 Å². The van der Waals surface area contributed by atoms with Gasteiger partial charge in [0, 0.05) is 18.0 Å². The molecule has 1 fully saturated rings. The second-order valence-electron chi connectivity index (χ2n) is 11.7. The Labute approximate surface area is 271 Å². The molecule has 2 aliphatic rings. The van der Waals surface area contributed by atoms with Crippen LogP contribution in [0.5, 0.6) is 11.5 Å². The maximum Gasteiger partial charge on any atom is 0.341 e. The molecular weight excluding hydrogens is 610 g/mol. The normalized spacial score (nSPS) is 18.5. The Morgan fingerprint density at radius 2 is 1.72 bits per heavy atom. The van der Waals surface area contributed by atoms with Crippen LogP contribution in [-0.4, -0.2) is 54.0 Å². The molecule has 46 heavy (non-hydrogen) atoms. The molecule has 2 heterocycles. The third-order valence-corrected chi connectivity index (χ3v) is 8.97. The highest BCUT2D eigenvalue weighted by Crippen LogP contribution is 2.36. The van der Waals surface area contributed by atoms with Crippen molar-refractivity contribution < 1.29 is 38.1 Å². The molecule has 2 amide bonds.